The van der Waals surface area contributed by atoms with E-state index in [1.807, 2.05) is 0 Å². The molecule has 0 aliphatic rings. The maximum atomic E-state index is 11.7. The predicted octanol–water partition coefficient (Wildman–Crippen LogP) is 7.07. The molecule has 0 aromatic rings. The van der Waals surface area contributed by atoms with Crippen LogP contribution in [0.3, 0.4) is 0 Å². The SMILES string of the molecule is BrBr.BrBr.C=C.C=C(Br)Br.C=CBr.FC(F)(Br)C(Br)Br.FC(F)(Br)CBr.[Br-].[Br-].[OH-].[OH-]. The Morgan fingerprint density at radius 3 is 0.933 bits per heavy atom. The number of hydrogen-bond acceptors (Lipinski definition) is 2. The molecule has 0 fully saturated rings. The van der Waals surface area contributed by atoms with Crippen molar-refractivity contribution in [1.29, 1.82) is 0 Å². The minimum atomic E-state index is -2.85. The fourth-order valence-corrected chi connectivity index (χ4v) is 0. The highest BCUT2D eigenvalue weighted by atomic mass is 80.9. The van der Waals surface area contributed by atoms with E-state index in [4.69, 9.17) is 0 Å². The molecule has 0 saturated heterocycles. The van der Waals surface area contributed by atoms with Gasteiger partial charge >= 0.3 is 9.66 Å². The molecule has 0 aromatic carbocycles. The van der Waals surface area contributed by atoms with Crippen LogP contribution in [0.5, 0.6) is 0 Å². The first kappa shape index (κ1) is 70.4. The van der Waals surface area contributed by atoms with Crippen molar-refractivity contribution in [2.24, 2.45) is 0 Å². The molecule has 0 aliphatic carbocycles. The lowest BCUT2D eigenvalue weighted by atomic mass is 10.9. The zero-order valence-corrected chi connectivity index (χ0v) is 36.1. The first-order valence-electron chi connectivity index (χ1n) is 4.62. The van der Waals surface area contributed by atoms with Crippen molar-refractivity contribution in [3.8, 4) is 0 Å². The average molecular weight is 1360 g/mol. The monoisotopic (exact) mass is 1350 g/mol. The van der Waals surface area contributed by atoms with Crippen LogP contribution in [0.25, 0.3) is 0 Å². The van der Waals surface area contributed by atoms with E-state index in [1.165, 1.54) is 0 Å². The van der Waals surface area contributed by atoms with Crippen molar-refractivity contribution in [3.05, 3.63) is 34.7 Å². The van der Waals surface area contributed by atoms with Gasteiger partial charge in [-0.25, -0.2) is 0 Å². The molecule has 2 N–H and O–H groups in total. The van der Waals surface area contributed by atoms with E-state index in [-0.39, 0.29) is 50.2 Å². The Balaban J connectivity index is -0.0000000162. The fourth-order valence-electron chi connectivity index (χ4n) is 0. The van der Waals surface area contributed by atoms with Gasteiger partial charge in [0.1, 0.15) is 3.74 Å². The first-order chi connectivity index (χ1) is 11.7. The lowest BCUT2D eigenvalue weighted by molar-refractivity contribution is -0.001000. The summed E-state index contributed by atoms with van der Waals surface area (Å²) in [6.07, 6.45) is 0. The highest BCUT2D eigenvalue weighted by molar-refractivity contribution is 9.93. The van der Waals surface area contributed by atoms with E-state index in [9.17, 15) is 17.6 Å². The number of halogens is 18. The summed E-state index contributed by atoms with van der Waals surface area (Å²) in [5.74, 6) is 0. The van der Waals surface area contributed by atoms with Gasteiger partial charge in [-0.15, -0.1) is 13.2 Å². The first-order valence-corrected chi connectivity index (χ1v) is 19.1. The third-order valence-electron chi connectivity index (χ3n) is 0.399. The van der Waals surface area contributed by atoms with Crippen LogP contribution in [0.1, 0.15) is 0 Å². The largest absolute Gasteiger partial charge is 1.00 e. The molecule has 0 aromatic heterocycles. The van der Waals surface area contributed by atoms with E-state index in [0.717, 1.165) is 3.39 Å². The van der Waals surface area contributed by atoms with Crippen LogP contribution in [-0.2, 0) is 0 Å². The molecule has 196 valence electrons. The van der Waals surface area contributed by atoms with Crippen molar-refractivity contribution >= 4 is 184 Å². The summed E-state index contributed by atoms with van der Waals surface area (Å²) >= 11 is 31.9. The fraction of sp³-hybridized carbons (Fsp3) is 0.400. The molecule has 2 nitrogen and oxygen atoms in total. The quantitative estimate of drug-likeness (QED) is 0.169. The Labute approximate surface area is 294 Å². The van der Waals surface area contributed by atoms with Crippen LogP contribution in [0.2, 0.25) is 0 Å². The molecular weight excluding hydrogens is 1350 g/mol. The molecule has 0 atom stereocenters. The van der Waals surface area contributed by atoms with Gasteiger partial charge in [0, 0.05) is 56.5 Å². The maximum Gasteiger partial charge on any atom is 0.323 e. The highest BCUT2D eigenvalue weighted by Gasteiger charge is 2.31. The van der Waals surface area contributed by atoms with Gasteiger partial charge < -0.3 is 44.9 Å². The normalized spacial score (nSPS) is 7.23. The zero-order chi connectivity index (χ0) is 23.6. The van der Waals surface area contributed by atoms with E-state index in [1.54, 1.807) is 4.99 Å². The standard InChI is InChI=1S/C2HBr3F2.C2H2Br2F2.C2H2Br2.C2H3Br.C2H4.2Br2.2BrH.2H2O/c3-1(4)2(5,6)7;3-1-2(4,5)6;1-2(3)4;1-2-3;3*1-2;;;;/h1H;1H2;1H2;2H,1H2;1-2H2;;;2*1H;2*1H2/p-4. The van der Waals surface area contributed by atoms with Crippen molar-refractivity contribution in [2.45, 2.75) is 13.4 Å². The van der Waals surface area contributed by atoms with Gasteiger partial charge in [0.05, 0.1) is 8.72 Å². The molecule has 0 heterocycles. The van der Waals surface area contributed by atoms with Crippen LogP contribution in [0.15, 0.2) is 34.7 Å². The topological polar surface area (TPSA) is 60.0 Å². The van der Waals surface area contributed by atoms with Crippen molar-refractivity contribution in [3.63, 3.8) is 0 Å². The Morgan fingerprint density at radius 2 is 0.933 bits per heavy atom. The van der Waals surface area contributed by atoms with Gasteiger partial charge in [0.25, 0.3) is 0 Å². The molecule has 0 amide bonds. The molecule has 0 radical (unpaired) electrons. The van der Waals surface area contributed by atoms with E-state index in [0.29, 0.717) is 0 Å². The minimum Gasteiger partial charge on any atom is -1.00 e. The van der Waals surface area contributed by atoms with Gasteiger partial charge in [-0.05, 0) is 68.7 Å². The average Bonchev–Trinajstić information content (AvgIpc) is 2.52. The van der Waals surface area contributed by atoms with E-state index < -0.39 is 13.4 Å². The highest BCUT2D eigenvalue weighted by Crippen LogP contribution is 2.34. The second-order valence-corrected chi connectivity index (χ2v) is 11.5. The number of hydrogen-bond donors (Lipinski definition) is 0. The molecule has 0 bridgehead atoms. The van der Waals surface area contributed by atoms with Gasteiger partial charge in [-0.3, -0.25) is 0 Å². The third-order valence-corrected chi connectivity index (χ3v) is 4.97. The number of alkyl halides is 9. The third kappa shape index (κ3) is 168. The van der Waals surface area contributed by atoms with Crippen LogP contribution in [-0.4, -0.2) is 29.7 Å². The van der Waals surface area contributed by atoms with Gasteiger partial charge in [0.2, 0.25) is 0 Å². The smallest absolute Gasteiger partial charge is 0.323 e. The Hall–Kier alpha value is 5.58. The molecule has 20 heteroatoms. The molecule has 30 heavy (non-hydrogen) atoms. The van der Waals surface area contributed by atoms with Crippen molar-refractivity contribution in [2.75, 3.05) is 5.33 Å². The Kier molecular flexibility index (Phi) is 140. The summed E-state index contributed by atoms with van der Waals surface area (Å²) < 4.78 is 45.8. The van der Waals surface area contributed by atoms with Crippen LogP contribution < -0.4 is 34.0 Å². The Morgan fingerprint density at radius 1 is 0.867 bits per heavy atom. The van der Waals surface area contributed by atoms with Crippen LogP contribution in [0.4, 0.5) is 17.6 Å². The van der Waals surface area contributed by atoms with Gasteiger partial charge in [-0.2, -0.15) is 17.6 Å². The van der Waals surface area contributed by atoms with Crippen molar-refractivity contribution in [1.82, 2.24) is 0 Å². The summed E-state index contributed by atoms with van der Waals surface area (Å²) in [6.45, 7) is 12.7. The lowest BCUT2D eigenvalue weighted by Crippen LogP contribution is -3.00. The molecule has 0 aliphatic heterocycles. The summed E-state index contributed by atoms with van der Waals surface area (Å²) in [5, 5.41) is -0.333. The number of rotatable bonds is 2. The molecular formula is C10H14Br14F4O2-4. The Bertz CT molecular complexity index is 264. The lowest BCUT2D eigenvalue weighted by Gasteiger charge is -2.06. The summed E-state index contributed by atoms with van der Waals surface area (Å²) in [5.41, 5.74) is 0. The van der Waals surface area contributed by atoms with E-state index >= 15 is 0 Å². The maximum absolute atomic E-state index is 11.7. The summed E-state index contributed by atoms with van der Waals surface area (Å²) in [6, 6.07) is 0. The summed E-state index contributed by atoms with van der Waals surface area (Å²) in [7, 11) is 0. The molecule has 0 saturated carbocycles. The van der Waals surface area contributed by atoms with Crippen LogP contribution >= 0.6 is 184 Å². The molecule has 0 spiro atoms. The van der Waals surface area contributed by atoms with E-state index in [2.05, 4.69) is 210 Å². The second-order valence-electron chi connectivity index (χ2n) is 2.08. The van der Waals surface area contributed by atoms with Gasteiger partial charge in [-0.1, -0.05) is 76.9 Å². The zero-order valence-electron chi connectivity index (χ0n) is 13.9. The minimum absolute atomic E-state index is 0. The van der Waals surface area contributed by atoms with Gasteiger partial charge in [0.15, 0.2) is 0 Å². The summed E-state index contributed by atoms with van der Waals surface area (Å²) in [4.78, 5) is -4.02. The second kappa shape index (κ2) is 59.6. The van der Waals surface area contributed by atoms with Crippen LogP contribution in [0, 0.1) is 0 Å². The molecule has 0 rings (SSSR count). The van der Waals surface area contributed by atoms with Crippen molar-refractivity contribution < 1.29 is 62.5 Å². The molecule has 0 unspecified atom stereocenters. The predicted molar refractivity (Wildman–Crippen MR) is 160 cm³/mol.